The van der Waals surface area contributed by atoms with Gasteiger partial charge in [-0.25, -0.2) is 4.79 Å². The van der Waals surface area contributed by atoms with Gasteiger partial charge in [-0.3, -0.25) is 4.79 Å². The molecule has 0 aromatic carbocycles. The molecule has 2 aliphatic heterocycles. The van der Waals surface area contributed by atoms with Crippen LogP contribution in [0.4, 0.5) is 4.79 Å². The molecule has 2 aliphatic rings. The Balaban J connectivity index is 1.92. The highest BCUT2D eigenvalue weighted by Crippen LogP contribution is 2.19. The van der Waals surface area contributed by atoms with Crippen LogP contribution in [0.15, 0.2) is 0 Å². The van der Waals surface area contributed by atoms with Crippen LogP contribution >= 0.6 is 0 Å². The van der Waals surface area contributed by atoms with Crippen molar-refractivity contribution in [1.82, 2.24) is 20.0 Å². The van der Waals surface area contributed by atoms with Gasteiger partial charge in [0.15, 0.2) is 0 Å². The van der Waals surface area contributed by atoms with E-state index in [9.17, 15) is 9.59 Å². The van der Waals surface area contributed by atoms with Crippen LogP contribution < -0.4 is 5.32 Å². The molecule has 6 nitrogen and oxygen atoms in total. The van der Waals surface area contributed by atoms with Crippen LogP contribution in [0.2, 0.25) is 0 Å². The Morgan fingerprint density at radius 1 is 1.15 bits per heavy atom. The van der Waals surface area contributed by atoms with Crippen molar-refractivity contribution in [2.75, 3.05) is 45.8 Å². The molecule has 0 saturated carbocycles. The average Bonchev–Trinajstić information content (AvgIpc) is 3.16. The lowest BCUT2D eigenvalue weighted by Gasteiger charge is -2.40. The van der Waals surface area contributed by atoms with Gasteiger partial charge in [-0.05, 0) is 58.2 Å². The minimum absolute atomic E-state index is 0.00563. The first-order valence-electron chi connectivity index (χ1n) is 10.6. The molecule has 0 radical (unpaired) electrons. The molecule has 26 heavy (non-hydrogen) atoms. The molecule has 2 heterocycles. The molecular weight excluding hydrogens is 328 g/mol. The molecule has 0 unspecified atom stereocenters. The zero-order valence-corrected chi connectivity index (χ0v) is 17.0. The number of amides is 3. The summed E-state index contributed by atoms with van der Waals surface area (Å²) < 4.78 is 0. The van der Waals surface area contributed by atoms with Gasteiger partial charge >= 0.3 is 6.03 Å². The van der Waals surface area contributed by atoms with Gasteiger partial charge in [0.05, 0.1) is 0 Å². The van der Waals surface area contributed by atoms with Gasteiger partial charge in [0.2, 0.25) is 5.91 Å². The van der Waals surface area contributed by atoms with Crippen molar-refractivity contribution in [3.63, 3.8) is 0 Å². The Morgan fingerprint density at radius 2 is 1.88 bits per heavy atom. The van der Waals surface area contributed by atoms with E-state index in [0.717, 1.165) is 45.3 Å². The van der Waals surface area contributed by atoms with Crippen molar-refractivity contribution in [3.8, 4) is 0 Å². The highest BCUT2D eigenvalue weighted by atomic mass is 16.2. The van der Waals surface area contributed by atoms with Crippen LogP contribution in [0.1, 0.15) is 59.3 Å². The third-order valence-corrected chi connectivity index (χ3v) is 5.50. The second-order valence-corrected chi connectivity index (χ2v) is 8.06. The van der Waals surface area contributed by atoms with Gasteiger partial charge in [0.1, 0.15) is 0 Å². The zero-order valence-electron chi connectivity index (χ0n) is 17.0. The van der Waals surface area contributed by atoms with Gasteiger partial charge in [0, 0.05) is 38.1 Å². The second-order valence-electron chi connectivity index (χ2n) is 8.06. The van der Waals surface area contributed by atoms with Crippen molar-refractivity contribution in [1.29, 1.82) is 0 Å². The summed E-state index contributed by atoms with van der Waals surface area (Å²) in [6.45, 7) is 12.5. The normalized spacial score (nSPS) is 21.2. The quantitative estimate of drug-likeness (QED) is 0.718. The van der Waals surface area contributed by atoms with E-state index in [1.54, 1.807) is 0 Å². The van der Waals surface area contributed by atoms with E-state index in [1.807, 2.05) is 18.7 Å². The minimum atomic E-state index is 0.00563. The number of nitrogens with zero attached hydrogens (tertiary/aromatic N) is 3. The Morgan fingerprint density at radius 3 is 2.54 bits per heavy atom. The van der Waals surface area contributed by atoms with Crippen LogP contribution in [0.5, 0.6) is 0 Å². The fraction of sp³-hybridized carbons (Fsp3) is 0.900. The molecule has 0 aromatic rings. The Hall–Kier alpha value is -1.30. The number of likely N-dealkylation sites (tertiary alicyclic amines) is 2. The third-order valence-electron chi connectivity index (χ3n) is 5.50. The topological polar surface area (TPSA) is 55.9 Å². The lowest BCUT2D eigenvalue weighted by atomic mass is 10.0. The fourth-order valence-corrected chi connectivity index (χ4v) is 4.01. The number of carbonyl (C=O) groups excluding carboxylic acids is 2. The lowest BCUT2D eigenvalue weighted by molar-refractivity contribution is -0.138. The largest absolute Gasteiger partial charge is 0.338 e. The number of piperidine rings is 1. The SMILES string of the molecule is CCCNC(=O)N1CCC[C@H](N(CCCN2CCCC2)C(=O)C(C)C)C1. The van der Waals surface area contributed by atoms with Crippen molar-refractivity contribution >= 4 is 11.9 Å². The maximum absolute atomic E-state index is 12.8. The van der Waals surface area contributed by atoms with Crippen molar-refractivity contribution in [3.05, 3.63) is 0 Å². The van der Waals surface area contributed by atoms with Gasteiger partial charge < -0.3 is 20.0 Å². The minimum Gasteiger partial charge on any atom is -0.338 e. The van der Waals surface area contributed by atoms with E-state index in [4.69, 9.17) is 0 Å². The van der Waals surface area contributed by atoms with Crippen LogP contribution in [0, 0.1) is 5.92 Å². The van der Waals surface area contributed by atoms with Crippen LogP contribution in [-0.2, 0) is 4.79 Å². The Kier molecular flexibility index (Phi) is 8.69. The van der Waals surface area contributed by atoms with Gasteiger partial charge in [-0.1, -0.05) is 20.8 Å². The molecule has 1 atom stereocenters. The predicted octanol–water partition coefficient (Wildman–Crippen LogP) is 2.54. The van der Waals surface area contributed by atoms with E-state index in [1.165, 1.54) is 25.9 Å². The van der Waals surface area contributed by atoms with E-state index in [0.29, 0.717) is 13.1 Å². The summed E-state index contributed by atoms with van der Waals surface area (Å²) in [5.41, 5.74) is 0. The molecule has 2 fully saturated rings. The monoisotopic (exact) mass is 366 g/mol. The molecule has 6 heteroatoms. The number of hydrogen-bond donors (Lipinski definition) is 1. The second kappa shape index (κ2) is 10.8. The lowest BCUT2D eigenvalue weighted by Crippen LogP contribution is -2.54. The first kappa shape index (κ1) is 21.0. The van der Waals surface area contributed by atoms with Gasteiger partial charge in [-0.15, -0.1) is 0 Å². The summed E-state index contributed by atoms with van der Waals surface area (Å²) in [7, 11) is 0. The number of hydrogen-bond acceptors (Lipinski definition) is 3. The molecule has 0 spiro atoms. The molecule has 2 rings (SSSR count). The van der Waals surface area contributed by atoms with Gasteiger partial charge in [0.25, 0.3) is 0 Å². The Labute approximate surface area is 159 Å². The summed E-state index contributed by atoms with van der Waals surface area (Å²) in [6, 6.07) is 0.176. The fourth-order valence-electron chi connectivity index (χ4n) is 4.01. The molecule has 2 saturated heterocycles. The van der Waals surface area contributed by atoms with Gasteiger partial charge in [-0.2, -0.15) is 0 Å². The highest BCUT2D eigenvalue weighted by molar-refractivity contribution is 5.79. The van der Waals surface area contributed by atoms with E-state index in [-0.39, 0.29) is 23.9 Å². The van der Waals surface area contributed by atoms with E-state index in [2.05, 4.69) is 22.0 Å². The van der Waals surface area contributed by atoms with Crippen molar-refractivity contribution in [2.24, 2.45) is 5.92 Å². The number of carbonyl (C=O) groups is 2. The van der Waals surface area contributed by atoms with Crippen LogP contribution in [-0.4, -0.2) is 78.5 Å². The highest BCUT2D eigenvalue weighted by Gasteiger charge is 2.31. The molecule has 0 aliphatic carbocycles. The smallest absolute Gasteiger partial charge is 0.317 e. The zero-order chi connectivity index (χ0) is 18.9. The third kappa shape index (κ3) is 6.15. The summed E-state index contributed by atoms with van der Waals surface area (Å²) in [4.78, 5) is 31.6. The van der Waals surface area contributed by atoms with Crippen LogP contribution in [0.25, 0.3) is 0 Å². The summed E-state index contributed by atoms with van der Waals surface area (Å²) in [6.07, 6.45) is 6.55. The summed E-state index contributed by atoms with van der Waals surface area (Å²) >= 11 is 0. The molecule has 3 amide bonds. The number of nitrogens with one attached hydrogen (secondary N) is 1. The molecule has 0 bridgehead atoms. The average molecular weight is 367 g/mol. The first-order chi connectivity index (χ1) is 12.5. The summed E-state index contributed by atoms with van der Waals surface area (Å²) in [5, 5.41) is 2.97. The molecule has 0 aromatic heterocycles. The summed E-state index contributed by atoms with van der Waals surface area (Å²) in [5.74, 6) is 0.235. The number of urea groups is 1. The van der Waals surface area contributed by atoms with Crippen molar-refractivity contribution < 1.29 is 9.59 Å². The van der Waals surface area contributed by atoms with E-state index < -0.39 is 0 Å². The molecule has 150 valence electrons. The number of rotatable bonds is 8. The maximum Gasteiger partial charge on any atom is 0.317 e. The standard InChI is InChI=1S/C20H38N4O2/c1-4-10-21-20(26)23-14-7-9-18(16-23)24(19(25)17(2)3)15-8-13-22-11-5-6-12-22/h17-18H,4-16H2,1-3H3,(H,21,26)/t18-/m0/s1. The molecular formula is C20H38N4O2. The predicted molar refractivity (Wildman–Crippen MR) is 105 cm³/mol. The maximum atomic E-state index is 12.8. The molecule has 1 N–H and O–H groups in total. The Bertz CT molecular complexity index is 449. The van der Waals surface area contributed by atoms with Crippen LogP contribution in [0.3, 0.4) is 0 Å². The van der Waals surface area contributed by atoms with Crippen molar-refractivity contribution in [2.45, 2.75) is 65.3 Å². The first-order valence-corrected chi connectivity index (χ1v) is 10.6. The van der Waals surface area contributed by atoms with E-state index >= 15 is 0 Å².